The molecule has 19 heavy (non-hydrogen) atoms. The van der Waals surface area contributed by atoms with Crippen LogP contribution < -0.4 is 5.32 Å². The van der Waals surface area contributed by atoms with E-state index >= 15 is 0 Å². The average molecular weight is 387 g/mol. The van der Waals surface area contributed by atoms with Crippen molar-refractivity contribution >= 4 is 31.9 Å². The molecule has 2 aromatic carbocycles. The van der Waals surface area contributed by atoms with Crippen LogP contribution in [0.4, 0.5) is 4.39 Å². The molecule has 0 amide bonds. The zero-order valence-corrected chi connectivity index (χ0v) is 13.6. The SMILES string of the molecule is CC(NCc1cccc(F)c1)c1ccc(Br)cc1Br. The van der Waals surface area contributed by atoms with Crippen molar-refractivity contribution in [1.29, 1.82) is 0 Å². The fourth-order valence-corrected chi connectivity index (χ4v) is 3.27. The van der Waals surface area contributed by atoms with Gasteiger partial charge in [0.15, 0.2) is 0 Å². The Kier molecular flexibility index (Phi) is 5.13. The van der Waals surface area contributed by atoms with Gasteiger partial charge in [-0.2, -0.15) is 0 Å². The molecule has 0 spiro atoms. The number of hydrogen-bond acceptors (Lipinski definition) is 1. The summed E-state index contributed by atoms with van der Waals surface area (Å²) in [5.41, 5.74) is 2.12. The summed E-state index contributed by atoms with van der Waals surface area (Å²) in [6, 6.07) is 12.9. The van der Waals surface area contributed by atoms with Crippen molar-refractivity contribution in [3.8, 4) is 0 Å². The summed E-state index contributed by atoms with van der Waals surface area (Å²) in [5.74, 6) is -0.197. The molecule has 0 heterocycles. The van der Waals surface area contributed by atoms with Crippen LogP contribution in [0.1, 0.15) is 24.1 Å². The first-order valence-electron chi connectivity index (χ1n) is 5.99. The second-order valence-electron chi connectivity index (χ2n) is 4.40. The van der Waals surface area contributed by atoms with Crippen molar-refractivity contribution < 1.29 is 4.39 Å². The molecule has 0 aliphatic heterocycles. The highest BCUT2D eigenvalue weighted by Gasteiger charge is 2.09. The molecule has 0 aromatic heterocycles. The normalized spacial score (nSPS) is 12.4. The monoisotopic (exact) mass is 385 g/mol. The van der Waals surface area contributed by atoms with Crippen LogP contribution in [-0.2, 0) is 6.54 Å². The lowest BCUT2D eigenvalue weighted by atomic mass is 10.1. The second-order valence-corrected chi connectivity index (χ2v) is 6.17. The van der Waals surface area contributed by atoms with Crippen molar-refractivity contribution in [2.45, 2.75) is 19.5 Å². The smallest absolute Gasteiger partial charge is 0.123 e. The van der Waals surface area contributed by atoms with Crippen LogP contribution in [0.3, 0.4) is 0 Å². The van der Waals surface area contributed by atoms with Crippen LogP contribution in [0.5, 0.6) is 0 Å². The maximum absolute atomic E-state index is 13.1. The largest absolute Gasteiger partial charge is 0.306 e. The quantitative estimate of drug-likeness (QED) is 0.761. The molecule has 0 aliphatic carbocycles. The molecule has 0 fully saturated rings. The molecular weight excluding hydrogens is 373 g/mol. The molecule has 0 bridgehead atoms. The molecule has 0 saturated heterocycles. The van der Waals surface area contributed by atoms with Gasteiger partial charge in [-0.05, 0) is 42.3 Å². The Morgan fingerprint density at radius 1 is 1.16 bits per heavy atom. The number of rotatable bonds is 4. The van der Waals surface area contributed by atoms with Crippen molar-refractivity contribution in [3.05, 3.63) is 68.4 Å². The average Bonchev–Trinajstić information content (AvgIpc) is 2.36. The van der Waals surface area contributed by atoms with Crippen molar-refractivity contribution in [1.82, 2.24) is 5.32 Å². The predicted molar refractivity (Wildman–Crippen MR) is 83.5 cm³/mol. The number of halogens is 3. The first kappa shape index (κ1) is 14.7. The summed E-state index contributed by atoms with van der Waals surface area (Å²) < 4.78 is 15.2. The van der Waals surface area contributed by atoms with E-state index in [1.54, 1.807) is 12.1 Å². The van der Waals surface area contributed by atoms with Gasteiger partial charge in [0.05, 0.1) is 0 Å². The van der Waals surface area contributed by atoms with Gasteiger partial charge in [-0.1, -0.05) is 50.1 Å². The lowest BCUT2D eigenvalue weighted by molar-refractivity contribution is 0.567. The molecule has 0 aliphatic rings. The minimum Gasteiger partial charge on any atom is -0.306 e. The summed E-state index contributed by atoms with van der Waals surface area (Å²) in [5, 5.41) is 3.39. The molecule has 4 heteroatoms. The zero-order chi connectivity index (χ0) is 13.8. The summed E-state index contributed by atoms with van der Waals surface area (Å²) in [4.78, 5) is 0. The summed E-state index contributed by atoms with van der Waals surface area (Å²) in [6.45, 7) is 2.73. The van der Waals surface area contributed by atoms with Crippen LogP contribution in [-0.4, -0.2) is 0 Å². The number of hydrogen-bond donors (Lipinski definition) is 1. The fourth-order valence-electron chi connectivity index (χ4n) is 1.88. The van der Waals surface area contributed by atoms with Crippen molar-refractivity contribution in [2.24, 2.45) is 0 Å². The minimum absolute atomic E-state index is 0.186. The molecule has 1 atom stereocenters. The van der Waals surface area contributed by atoms with Gasteiger partial charge in [-0.3, -0.25) is 0 Å². The van der Waals surface area contributed by atoms with E-state index in [1.165, 1.54) is 11.6 Å². The summed E-state index contributed by atoms with van der Waals surface area (Å²) >= 11 is 6.99. The highest BCUT2D eigenvalue weighted by atomic mass is 79.9. The number of nitrogens with one attached hydrogen (secondary N) is 1. The van der Waals surface area contributed by atoms with Crippen LogP contribution in [0.25, 0.3) is 0 Å². The standard InChI is InChI=1S/C15H14Br2FN/c1-10(14-6-5-12(16)8-15(14)17)19-9-11-3-2-4-13(18)7-11/h2-8,10,19H,9H2,1H3. The van der Waals surface area contributed by atoms with E-state index in [0.29, 0.717) is 6.54 Å². The van der Waals surface area contributed by atoms with Crippen LogP contribution in [0.2, 0.25) is 0 Å². The van der Waals surface area contributed by atoms with Gasteiger partial charge < -0.3 is 5.32 Å². The third-order valence-electron chi connectivity index (χ3n) is 2.93. The van der Waals surface area contributed by atoms with E-state index in [0.717, 1.165) is 14.5 Å². The van der Waals surface area contributed by atoms with Gasteiger partial charge in [0.25, 0.3) is 0 Å². The van der Waals surface area contributed by atoms with E-state index < -0.39 is 0 Å². The van der Waals surface area contributed by atoms with Gasteiger partial charge >= 0.3 is 0 Å². The van der Waals surface area contributed by atoms with Crippen LogP contribution in [0.15, 0.2) is 51.4 Å². The third-order valence-corrected chi connectivity index (χ3v) is 4.11. The fraction of sp³-hybridized carbons (Fsp3) is 0.200. The summed E-state index contributed by atoms with van der Waals surface area (Å²) in [7, 11) is 0. The zero-order valence-electron chi connectivity index (χ0n) is 10.5. The van der Waals surface area contributed by atoms with Crippen molar-refractivity contribution in [3.63, 3.8) is 0 Å². The lowest BCUT2D eigenvalue weighted by Crippen LogP contribution is -2.18. The van der Waals surface area contributed by atoms with Gasteiger partial charge in [0.2, 0.25) is 0 Å². The molecular formula is C15H14Br2FN. The third kappa shape index (κ3) is 4.13. The first-order valence-corrected chi connectivity index (χ1v) is 7.57. The topological polar surface area (TPSA) is 12.0 Å². The van der Waals surface area contributed by atoms with Gasteiger partial charge in [0, 0.05) is 21.5 Å². The maximum atomic E-state index is 13.1. The summed E-state index contributed by atoms with van der Waals surface area (Å²) in [6.07, 6.45) is 0. The van der Waals surface area contributed by atoms with Gasteiger partial charge in [0.1, 0.15) is 5.82 Å². The Bertz CT molecular complexity index is 572. The van der Waals surface area contributed by atoms with Gasteiger partial charge in [-0.15, -0.1) is 0 Å². The molecule has 2 rings (SSSR count). The molecule has 1 N–H and O–H groups in total. The Balaban J connectivity index is 2.03. The second kappa shape index (κ2) is 6.64. The Morgan fingerprint density at radius 3 is 2.63 bits per heavy atom. The predicted octanol–water partition coefficient (Wildman–Crippen LogP) is 5.20. The van der Waals surface area contributed by atoms with E-state index in [4.69, 9.17) is 0 Å². The molecule has 1 nitrogen and oxygen atoms in total. The van der Waals surface area contributed by atoms with Crippen LogP contribution in [0, 0.1) is 5.82 Å². The van der Waals surface area contributed by atoms with Crippen molar-refractivity contribution in [2.75, 3.05) is 0 Å². The number of benzene rings is 2. The van der Waals surface area contributed by atoms with E-state index in [1.807, 2.05) is 18.2 Å². The molecule has 2 aromatic rings. The lowest BCUT2D eigenvalue weighted by Gasteiger charge is -2.16. The van der Waals surface area contributed by atoms with Gasteiger partial charge in [-0.25, -0.2) is 4.39 Å². The first-order chi connectivity index (χ1) is 9.06. The van der Waals surface area contributed by atoms with E-state index in [2.05, 4.69) is 50.2 Å². The minimum atomic E-state index is -0.197. The Hall–Kier alpha value is -0.710. The molecule has 100 valence electrons. The molecule has 1 unspecified atom stereocenters. The molecule has 0 saturated carbocycles. The highest BCUT2D eigenvalue weighted by Crippen LogP contribution is 2.26. The Morgan fingerprint density at radius 2 is 1.95 bits per heavy atom. The highest BCUT2D eigenvalue weighted by molar-refractivity contribution is 9.11. The van der Waals surface area contributed by atoms with E-state index in [9.17, 15) is 4.39 Å². The maximum Gasteiger partial charge on any atom is 0.123 e. The Labute approximate surface area is 129 Å². The molecule has 0 radical (unpaired) electrons. The van der Waals surface area contributed by atoms with Crippen LogP contribution >= 0.6 is 31.9 Å². The van der Waals surface area contributed by atoms with E-state index in [-0.39, 0.29) is 11.9 Å².